The van der Waals surface area contributed by atoms with Crippen molar-refractivity contribution in [2.45, 2.75) is 51.0 Å². The highest BCUT2D eigenvalue weighted by molar-refractivity contribution is 7.89. The van der Waals surface area contributed by atoms with Crippen molar-refractivity contribution in [3.05, 3.63) is 18.3 Å². The molecular weight excluding hydrogens is 276 g/mol. The van der Waals surface area contributed by atoms with Crippen molar-refractivity contribution < 1.29 is 8.42 Å². The summed E-state index contributed by atoms with van der Waals surface area (Å²) in [6.45, 7) is 6.49. The van der Waals surface area contributed by atoms with Crippen LogP contribution in [-0.2, 0) is 10.0 Å². The van der Waals surface area contributed by atoms with Gasteiger partial charge in [-0.15, -0.1) is 0 Å². The second-order valence-electron chi connectivity index (χ2n) is 4.75. The Balaban J connectivity index is 3.07. The topological polar surface area (TPSA) is 88.3 Å². The molecular formula is C13H24N4O2S. The van der Waals surface area contributed by atoms with E-state index in [-0.39, 0.29) is 10.9 Å². The minimum Gasteiger partial charge on any atom is -0.308 e. The third-order valence-electron chi connectivity index (χ3n) is 3.31. The quantitative estimate of drug-likeness (QED) is 0.566. The molecule has 0 aliphatic heterocycles. The van der Waals surface area contributed by atoms with Crippen LogP contribution in [0.1, 0.15) is 40.0 Å². The molecule has 0 aliphatic rings. The Labute approximate surface area is 121 Å². The summed E-state index contributed by atoms with van der Waals surface area (Å²) in [5, 5.41) is 0. The van der Waals surface area contributed by atoms with Crippen molar-refractivity contribution in [3.8, 4) is 0 Å². The number of nitrogens with two attached hydrogens (primary N) is 1. The minimum absolute atomic E-state index is 0.0288. The molecule has 3 N–H and O–H groups in total. The van der Waals surface area contributed by atoms with Gasteiger partial charge in [0.25, 0.3) is 0 Å². The predicted octanol–water partition coefficient (Wildman–Crippen LogP) is 1.96. The van der Waals surface area contributed by atoms with Crippen LogP contribution in [0, 0.1) is 0 Å². The number of rotatable bonds is 8. The molecule has 1 unspecified atom stereocenters. The summed E-state index contributed by atoms with van der Waals surface area (Å²) in [7, 11) is -3.51. The van der Waals surface area contributed by atoms with E-state index in [1.165, 1.54) is 12.3 Å². The van der Waals surface area contributed by atoms with Gasteiger partial charge in [0.2, 0.25) is 10.0 Å². The Kier molecular flexibility index (Phi) is 6.38. The van der Waals surface area contributed by atoms with E-state index in [0.717, 1.165) is 19.3 Å². The Morgan fingerprint density at radius 1 is 1.40 bits per heavy atom. The van der Waals surface area contributed by atoms with Crippen LogP contribution in [0.3, 0.4) is 0 Å². The molecule has 6 nitrogen and oxygen atoms in total. The lowest BCUT2D eigenvalue weighted by Crippen LogP contribution is -2.39. The first kappa shape index (κ1) is 16.9. The monoisotopic (exact) mass is 300 g/mol. The van der Waals surface area contributed by atoms with Crippen molar-refractivity contribution in [1.29, 1.82) is 0 Å². The van der Waals surface area contributed by atoms with Gasteiger partial charge in [-0.3, -0.25) is 0 Å². The number of aromatic nitrogens is 1. The van der Waals surface area contributed by atoms with Gasteiger partial charge in [0.15, 0.2) is 0 Å². The number of nitrogens with zero attached hydrogens (tertiary/aromatic N) is 2. The third kappa shape index (κ3) is 3.91. The van der Waals surface area contributed by atoms with E-state index in [1.807, 2.05) is 20.8 Å². The van der Waals surface area contributed by atoms with Crippen LogP contribution in [0.5, 0.6) is 0 Å². The van der Waals surface area contributed by atoms with Gasteiger partial charge in [0, 0.05) is 18.8 Å². The molecule has 0 fully saturated rings. The standard InChI is InChI=1S/C13H24N4O2S/c1-4-6-9-17(11(3)5-2)20(18,19)12-7-8-13(16-14)15-10-12/h7-8,10-11H,4-6,9,14H2,1-3H3,(H,15,16). The van der Waals surface area contributed by atoms with Gasteiger partial charge < -0.3 is 5.43 Å². The normalized spacial score (nSPS) is 13.4. The first-order valence-corrected chi connectivity index (χ1v) is 8.35. The van der Waals surface area contributed by atoms with E-state index in [9.17, 15) is 8.42 Å². The molecule has 0 saturated heterocycles. The van der Waals surface area contributed by atoms with E-state index >= 15 is 0 Å². The number of sulfonamides is 1. The maximum atomic E-state index is 12.7. The van der Waals surface area contributed by atoms with Crippen LogP contribution in [0.15, 0.2) is 23.2 Å². The Hall–Kier alpha value is -1.18. The fraction of sp³-hybridized carbons (Fsp3) is 0.615. The lowest BCUT2D eigenvalue weighted by atomic mass is 10.2. The molecule has 114 valence electrons. The average Bonchev–Trinajstić information content (AvgIpc) is 2.47. The number of anilines is 1. The van der Waals surface area contributed by atoms with Crippen LogP contribution in [0.2, 0.25) is 0 Å². The summed E-state index contributed by atoms with van der Waals surface area (Å²) in [5.41, 5.74) is 2.38. The number of nitrogens with one attached hydrogen (secondary N) is 1. The number of hydrazine groups is 1. The molecule has 20 heavy (non-hydrogen) atoms. The summed E-state index contributed by atoms with van der Waals surface area (Å²) < 4.78 is 26.9. The summed E-state index contributed by atoms with van der Waals surface area (Å²) in [6, 6.07) is 3.05. The van der Waals surface area contributed by atoms with E-state index in [4.69, 9.17) is 5.84 Å². The Morgan fingerprint density at radius 2 is 2.10 bits per heavy atom. The van der Waals surface area contributed by atoms with E-state index in [1.54, 1.807) is 10.4 Å². The third-order valence-corrected chi connectivity index (χ3v) is 5.30. The molecule has 0 saturated carbocycles. The van der Waals surface area contributed by atoms with Crippen molar-refractivity contribution >= 4 is 15.8 Å². The highest BCUT2D eigenvalue weighted by Gasteiger charge is 2.27. The van der Waals surface area contributed by atoms with Gasteiger partial charge in [-0.1, -0.05) is 20.3 Å². The van der Waals surface area contributed by atoms with Crippen LogP contribution in [0.4, 0.5) is 5.82 Å². The van der Waals surface area contributed by atoms with Crippen LogP contribution < -0.4 is 11.3 Å². The molecule has 1 atom stereocenters. The number of hydrogen-bond acceptors (Lipinski definition) is 5. The zero-order valence-corrected chi connectivity index (χ0v) is 13.2. The minimum atomic E-state index is -3.51. The lowest BCUT2D eigenvalue weighted by molar-refractivity contribution is 0.324. The lowest BCUT2D eigenvalue weighted by Gasteiger charge is -2.27. The zero-order chi connectivity index (χ0) is 15.2. The van der Waals surface area contributed by atoms with Crippen molar-refractivity contribution in [3.63, 3.8) is 0 Å². The second kappa shape index (κ2) is 7.56. The maximum Gasteiger partial charge on any atom is 0.244 e. The Morgan fingerprint density at radius 3 is 2.55 bits per heavy atom. The van der Waals surface area contributed by atoms with Gasteiger partial charge in [0.05, 0.1) is 0 Å². The fourth-order valence-corrected chi connectivity index (χ4v) is 3.54. The number of hydrogen-bond donors (Lipinski definition) is 2. The van der Waals surface area contributed by atoms with Gasteiger partial charge in [-0.25, -0.2) is 19.2 Å². The molecule has 0 amide bonds. The summed E-state index contributed by atoms with van der Waals surface area (Å²) in [5.74, 6) is 5.67. The van der Waals surface area contributed by atoms with E-state index in [0.29, 0.717) is 12.4 Å². The molecule has 0 bridgehead atoms. The van der Waals surface area contributed by atoms with Gasteiger partial charge >= 0.3 is 0 Å². The molecule has 7 heteroatoms. The highest BCUT2D eigenvalue weighted by atomic mass is 32.2. The molecule has 1 heterocycles. The van der Waals surface area contributed by atoms with E-state index in [2.05, 4.69) is 10.4 Å². The predicted molar refractivity (Wildman–Crippen MR) is 80.6 cm³/mol. The molecule has 0 aliphatic carbocycles. The summed E-state index contributed by atoms with van der Waals surface area (Å²) >= 11 is 0. The number of pyridine rings is 1. The maximum absolute atomic E-state index is 12.7. The molecule has 1 rings (SSSR count). The van der Waals surface area contributed by atoms with Gasteiger partial charge in [0.1, 0.15) is 10.7 Å². The SMILES string of the molecule is CCCCN(C(C)CC)S(=O)(=O)c1ccc(NN)nc1. The molecule has 1 aromatic rings. The zero-order valence-electron chi connectivity index (χ0n) is 12.3. The smallest absolute Gasteiger partial charge is 0.244 e. The van der Waals surface area contributed by atoms with Crippen molar-refractivity contribution in [2.24, 2.45) is 5.84 Å². The van der Waals surface area contributed by atoms with Crippen LogP contribution in [-0.4, -0.2) is 30.3 Å². The van der Waals surface area contributed by atoms with Gasteiger partial charge in [-0.2, -0.15) is 4.31 Å². The van der Waals surface area contributed by atoms with Crippen molar-refractivity contribution in [2.75, 3.05) is 12.0 Å². The van der Waals surface area contributed by atoms with Gasteiger partial charge in [-0.05, 0) is 31.9 Å². The average molecular weight is 300 g/mol. The first-order chi connectivity index (χ1) is 9.47. The Bertz CT molecular complexity index is 502. The molecule has 0 radical (unpaired) electrons. The molecule has 0 aromatic carbocycles. The summed E-state index contributed by atoms with van der Waals surface area (Å²) in [4.78, 5) is 4.17. The molecule has 1 aromatic heterocycles. The molecule has 0 spiro atoms. The number of unbranched alkanes of at least 4 members (excludes halogenated alkanes) is 1. The van der Waals surface area contributed by atoms with E-state index < -0.39 is 10.0 Å². The highest BCUT2D eigenvalue weighted by Crippen LogP contribution is 2.20. The largest absolute Gasteiger partial charge is 0.308 e. The van der Waals surface area contributed by atoms with Crippen LogP contribution >= 0.6 is 0 Å². The first-order valence-electron chi connectivity index (χ1n) is 6.91. The summed E-state index contributed by atoms with van der Waals surface area (Å²) in [6.07, 6.45) is 3.92. The fourth-order valence-electron chi connectivity index (χ4n) is 1.85. The number of nitrogen functional groups attached to an aromatic ring is 1. The van der Waals surface area contributed by atoms with Crippen molar-refractivity contribution in [1.82, 2.24) is 9.29 Å². The van der Waals surface area contributed by atoms with Crippen LogP contribution in [0.25, 0.3) is 0 Å². The second-order valence-corrected chi connectivity index (χ2v) is 6.64.